The summed E-state index contributed by atoms with van der Waals surface area (Å²) < 4.78 is 13.3. The Hall–Kier alpha value is -11.1. The normalized spacial score (nSPS) is 14.5. The fourth-order valence-corrected chi connectivity index (χ4v) is 11.5. The highest BCUT2D eigenvalue weighted by molar-refractivity contribution is 6.29. The zero-order valence-corrected chi connectivity index (χ0v) is 43.4. The minimum absolute atomic E-state index is 0.00219. The van der Waals surface area contributed by atoms with Gasteiger partial charge in [0.25, 0.3) is 0 Å². The summed E-state index contributed by atoms with van der Waals surface area (Å²) in [7, 11) is 0. The van der Waals surface area contributed by atoms with E-state index in [4.69, 9.17) is 46.5 Å². The Morgan fingerprint density at radius 1 is 0.488 bits per heavy atom. The molecular weight excluding hydrogens is 1060 g/mol. The fourth-order valence-electron chi connectivity index (χ4n) is 11.4. The number of nitrogens with one attached hydrogen (secondary N) is 1. The zero-order chi connectivity index (χ0) is 54.7. The summed E-state index contributed by atoms with van der Waals surface area (Å²) in [6.45, 7) is 0.131. The third-order valence-electron chi connectivity index (χ3n) is 15.2. The number of fused-ring (bicyclic) bond motifs is 7. The molecule has 3 aromatic carbocycles. The molecule has 12 aromatic heterocycles. The van der Waals surface area contributed by atoms with Gasteiger partial charge in [-0.15, -0.1) is 0 Å². The van der Waals surface area contributed by atoms with Crippen molar-refractivity contribution in [1.82, 2.24) is 101 Å². The summed E-state index contributed by atoms with van der Waals surface area (Å²) in [5.41, 5.74) is 8.30. The third kappa shape index (κ3) is 7.34. The number of H-pyrrole nitrogens is 1. The molecule has 2 atom stereocenters. The largest absolute Gasteiger partial charge is 0.336 e. The number of rotatable bonds is 10. The van der Waals surface area contributed by atoms with E-state index in [9.17, 15) is 4.79 Å². The SMILES string of the molecule is O=c1[nH]c2cnc(-n3cnc4ccccc43)nc2n1Cc1cccc(-n2c(=O)n([C@H]3CCC(n4c(=O)n(Cc5ccc(Cl)nc5)c5nc(-n6cnc7ccccc76)ncc54)c4ncccc43)c3nc(-n4cnc5ccccc54)ncc32)n1. The number of imidazole rings is 6. The lowest BCUT2D eigenvalue weighted by Gasteiger charge is -2.31. The van der Waals surface area contributed by atoms with E-state index in [-0.39, 0.29) is 30.5 Å². The fraction of sp³-hybridized carbons (Fsp3) is 0.105. The van der Waals surface area contributed by atoms with Crippen LogP contribution in [0.3, 0.4) is 0 Å². The number of nitrogens with zero attached hydrogens (tertiary/aromatic N) is 20. The monoisotopic (exact) mass is 1100 g/mol. The summed E-state index contributed by atoms with van der Waals surface area (Å²) in [4.78, 5) is 105. The molecule has 12 heterocycles. The molecular formula is C57H38ClN21O3. The van der Waals surface area contributed by atoms with Crippen LogP contribution in [0.15, 0.2) is 180 Å². The lowest BCUT2D eigenvalue weighted by Crippen LogP contribution is -2.35. The summed E-state index contributed by atoms with van der Waals surface area (Å²) in [6, 6.07) is 34.2. The highest BCUT2D eigenvalue weighted by atomic mass is 35.5. The van der Waals surface area contributed by atoms with Crippen molar-refractivity contribution in [3.63, 3.8) is 0 Å². The van der Waals surface area contributed by atoms with Crippen LogP contribution in [0.5, 0.6) is 0 Å². The Labute approximate surface area is 463 Å². The van der Waals surface area contributed by atoms with Crippen molar-refractivity contribution in [3.8, 4) is 23.7 Å². The van der Waals surface area contributed by atoms with Gasteiger partial charge in [0.15, 0.2) is 16.9 Å². The minimum Gasteiger partial charge on any atom is -0.303 e. The van der Waals surface area contributed by atoms with Crippen molar-refractivity contribution in [2.45, 2.75) is 38.0 Å². The molecule has 25 heteroatoms. The minimum atomic E-state index is -0.644. The number of para-hydroxylation sites is 6. The van der Waals surface area contributed by atoms with Crippen LogP contribution in [0.25, 0.3) is 90.3 Å². The average Bonchev–Trinajstić information content (AvgIpc) is 3.12. The molecule has 0 saturated carbocycles. The second kappa shape index (κ2) is 18.2. The van der Waals surface area contributed by atoms with Crippen LogP contribution in [-0.2, 0) is 13.1 Å². The molecule has 15 aromatic rings. The maximum atomic E-state index is 15.7. The summed E-state index contributed by atoms with van der Waals surface area (Å²) in [6.07, 6.45) is 13.9. The van der Waals surface area contributed by atoms with Crippen LogP contribution in [0.2, 0.25) is 5.15 Å². The van der Waals surface area contributed by atoms with E-state index < -0.39 is 23.5 Å². The molecule has 0 radical (unpaired) electrons. The molecule has 24 nitrogen and oxygen atoms in total. The smallest absolute Gasteiger partial charge is 0.303 e. The number of hydrogen-bond donors (Lipinski definition) is 1. The highest BCUT2D eigenvalue weighted by Gasteiger charge is 2.36. The predicted octanol–water partition coefficient (Wildman–Crippen LogP) is 6.85. The van der Waals surface area contributed by atoms with Crippen LogP contribution in [0, 0.1) is 0 Å². The molecule has 82 heavy (non-hydrogen) atoms. The van der Waals surface area contributed by atoms with Gasteiger partial charge in [-0.25, -0.2) is 58.8 Å². The van der Waals surface area contributed by atoms with Gasteiger partial charge in [0, 0.05) is 12.4 Å². The van der Waals surface area contributed by atoms with Gasteiger partial charge in [0.1, 0.15) is 46.5 Å². The van der Waals surface area contributed by atoms with Crippen molar-refractivity contribution in [1.29, 1.82) is 0 Å². The predicted molar refractivity (Wildman–Crippen MR) is 302 cm³/mol. The first-order valence-corrected chi connectivity index (χ1v) is 26.4. The van der Waals surface area contributed by atoms with Gasteiger partial charge in [-0.3, -0.25) is 37.0 Å². The van der Waals surface area contributed by atoms with Gasteiger partial charge in [0.2, 0.25) is 17.8 Å². The maximum absolute atomic E-state index is 15.7. The number of aromatic amines is 1. The van der Waals surface area contributed by atoms with E-state index in [2.05, 4.69) is 29.9 Å². The van der Waals surface area contributed by atoms with Gasteiger partial charge in [-0.1, -0.05) is 66.2 Å². The molecule has 0 fully saturated rings. The standard InChI is InChI=1S/C57H38ClN21O3/c58-46-21-18-32(23-60-46)27-73-50-44(25-62-53(70-50)75-30-65-36-12-2-5-15-41(36)75)77(56(73)81)43-20-19-39(34-10-8-22-59-48(34)43)79-51-45(26-63-54(71-51)76-31-66-37-13-3-6-16-42(37)76)78(57(79)82)47-17-7-9-33(67-47)28-72-49-38(68-55(72)80)24-61-52(69-49)74-29-64-35-11-1-4-14-40(35)74/h1-18,21-26,29-31,39,43H,19-20,27-28H2,(H,68,80)/t39-,43?/m0/s1. The lowest BCUT2D eigenvalue weighted by atomic mass is 9.87. The average molecular weight is 1100 g/mol. The van der Waals surface area contributed by atoms with E-state index in [0.29, 0.717) is 80.3 Å². The number of pyridine rings is 3. The molecule has 396 valence electrons. The van der Waals surface area contributed by atoms with E-state index in [1.165, 1.54) is 9.13 Å². The summed E-state index contributed by atoms with van der Waals surface area (Å²) in [5.74, 6) is 1.22. The van der Waals surface area contributed by atoms with Crippen LogP contribution >= 0.6 is 11.6 Å². The maximum Gasteiger partial charge on any atom is 0.336 e. The number of hydrogen-bond acceptors (Lipinski definition) is 15. The zero-order valence-electron chi connectivity index (χ0n) is 42.6. The Kier molecular flexibility index (Phi) is 10.4. The second-order valence-electron chi connectivity index (χ2n) is 19.8. The molecule has 1 N–H and O–H groups in total. The van der Waals surface area contributed by atoms with Crippen LogP contribution in [-0.4, -0.2) is 101 Å². The Bertz CT molecular complexity index is 5270. The number of halogens is 1. The van der Waals surface area contributed by atoms with E-state index in [1.807, 2.05) is 91.0 Å². The Balaban J connectivity index is 0.825. The molecule has 1 aliphatic carbocycles. The number of aromatic nitrogens is 21. The molecule has 1 aliphatic rings. The topological polar surface area (TPSA) is 261 Å². The van der Waals surface area contributed by atoms with Gasteiger partial charge in [0.05, 0.1) is 88.3 Å². The molecule has 0 spiro atoms. The van der Waals surface area contributed by atoms with Crippen LogP contribution < -0.4 is 17.1 Å². The van der Waals surface area contributed by atoms with Crippen molar-refractivity contribution >= 4 is 78.2 Å². The third-order valence-corrected chi connectivity index (χ3v) is 15.4. The van der Waals surface area contributed by atoms with Crippen molar-refractivity contribution in [2.24, 2.45) is 0 Å². The van der Waals surface area contributed by atoms with E-state index in [1.54, 1.807) is 102 Å². The molecule has 0 bridgehead atoms. The van der Waals surface area contributed by atoms with Crippen molar-refractivity contribution in [2.75, 3.05) is 0 Å². The van der Waals surface area contributed by atoms with Gasteiger partial charge < -0.3 is 4.98 Å². The van der Waals surface area contributed by atoms with Gasteiger partial charge in [-0.2, -0.15) is 15.0 Å². The van der Waals surface area contributed by atoms with Crippen molar-refractivity contribution in [3.05, 3.63) is 224 Å². The lowest BCUT2D eigenvalue weighted by molar-refractivity contribution is 0.396. The second-order valence-corrected chi connectivity index (χ2v) is 20.2. The van der Waals surface area contributed by atoms with E-state index >= 15 is 9.59 Å². The first kappa shape index (κ1) is 46.9. The molecule has 16 rings (SSSR count). The molecule has 0 saturated heterocycles. The van der Waals surface area contributed by atoms with Gasteiger partial charge in [-0.05, 0) is 84.6 Å². The molecule has 1 unspecified atom stereocenters. The summed E-state index contributed by atoms with van der Waals surface area (Å²) >= 11 is 6.21. The van der Waals surface area contributed by atoms with Crippen LogP contribution in [0.4, 0.5) is 0 Å². The Morgan fingerprint density at radius 2 is 1.11 bits per heavy atom. The molecule has 0 aliphatic heterocycles. The first-order chi connectivity index (χ1) is 40.3. The highest BCUT2D eigenvalue weighted by Crippen LogP contribution is 2.41. The van der Waals surface area contributed by atoms with Crippen LogP contribution in [0.1, 0.15) is 47.4 Å². The van der Waals surface area contributed by atoms with Crippen molar-refractivity contribution < 1.29 is 0 Å². The molecule has 0 amide bonds. The van der Waals surface area contributed by atoms with E-state index in [0.717, 1.165) is 38.7 Å². The van der Waals surface area contributed by atoms with Gasteiger partial charge >= 0.3 is 17.1 Å². The Morgan fingerprint density at radius 3 is 1.78 bits per heavy atom. The quantitative estimate of drug-likeness (QED) is 0.137. The summed E-state index contributed by atoms with van der Waals surface area (Å²) in [5, 5.41) is 0.324. The first-order valence-electron chi connectivity index (χ1n) is 26.0. The number of benzene rings is 3.